The molecule has 2 saturated heterocycles. The van der Waals surface area contributed by atoms with Gasteiger partial charge in [0.15, 0.2) is 5.82 Å². The number of rotatable bonds is 10. The zero-order valence-corrected chi connectivity index (χ0v) is 26.5. The fourth-order valence-corrected chi connectivity index (χ4v) is 6.87. The minimum atomic E-state index is -1.10. The molecular weight excluding hydrogens is 553 g/mol. The van der Waals surface area contributed by atoms with Crippen LogP contribution in [0.1, 0.15) is 77.3 Å². The molecule has 43 heavy (non-hydrogen) atoms. The Morgan fingerprint density at radius 3 is 2.47 bits per heavy atom. The molecule has 2 aliphatic heterocycles. The Balaban J connectivity index is 1.80. The number of hydrogen-bond acceptors (Lipinski definition) is 5. The van der Waals surface area contributed by atoms with Gasteiger partial charge in [-0.3, -0.25) is 9.59 Å². The van der Waals surface area contributed by atoms with Gasteiger partial charge in [0.2, 0.25) is 5.91 Å². The van der Waals surface area contributed by atoms with Crippen LogP contribution in [0.5, 0.6) is 0 Å². The van der Waals surface area contributed by atoms with Gasteiger partial charge in [0.25, 0.3) is 5.91 Å². The smallest absolute Gasteiger partial charge is 0.407 e. The zero-order chi connectivity index (χ0) is 31.5. The molecule has 1 aromatic heterocycles. The minimum absolute atomic E-state index is 0.0427. The lowest BCUT2D eigenvalue weighted by atomic mass is 9.74. The van der Waals surface area contributed by atoms with E-state index >= 15 is 0 Å². The van der Waals surface area contributed by atoms with Gasteiger partial charge in [-0.2, -0.15) is 0 Å². The summed E-state index contributed by atoms with van der Waals surface area (Å²) in [6.07, 6.45) is 2.66. The number of imidazole rings is 1. The van der Waals surface area contributed by atoms with Crippen molar-refractivity contribution in [1.29, 1.82) is 0 Å². The van der Waals surface area contributed by atoms with E-state index in [2.05, 4.69) is 4.98 Å². The summed E-state index contributed by atoms with van der Waals surface area (Å²) in [5.41, 5.74) is 0.533. The number of aromatic nitrogens is 2. The van der Waals surface area contributed by atoms with Crippen LogP contribution in [-0.4, -0.2) is 99.2 Å². The van der Waals surface area contributed by atoms with Gasteiger partial charge in [0.1, 0.15) is 5.82 Å². The summed E-state index contributed by atoms with van der Waals surface area (Å²) in [4.78, 5) is 50.7. The first-order chi connectivity index (χ1) is 20.3. The molecule has 0 spiro atoms. The maximum atomic E-state index is 14.7. The monoisotopic (exact) mass is 601 g/mol. The van der Waals surface area contributed by atoms with Crippen molar-refractivity contribution in [2.75, 3.05) is 39.9 Å². The van der Waals surface area contributed by atoms with Gasteiger partial charge in [-0.15, -0.1) is 0 Å². The van der Waals surface area contributed by atoms with E-state index in [1.54, 1.807) is 18.1 Å². The molecule has 4 rings (SSSR count). The lowest BCUT2D eigenvalue weighted by molar-refractivity contribution is -0.139. The Labute approximate surface area is 254 Å². The van der Waals surface area contributed by atoms with E-state index in [0.29, 0.717) is 50.2 Å². The molecule has 0 aliphatic carbocycles. The van der Waals surface area contributed by atoms with Crippen LogP contribution in [0.25, 0.3) is 11.0 Å². The first kappa shape index (κ1) is 32.7. The second kappa shape index (κ2) is 13.6. The zero-order valence-electron chi connectivity index (χ0n) is 26.5. The number of halogens is 1. The van der Waals surface area contributed by atoms with Crippen LogP contribution in [0, 0.1) is 23.1 Å². The highest BCUT2D eigenvalue weighted by Gasteiger charge is 2.50. The number of unbranched alkanes of at least 4 members (excludes halogenated alkanes) is 1. The standard InChI is InChI=1S/C32H48FN5O5/c1-21(2)19-37(30(40)28-34-24-18-23(33)11-12-25(24)36(28)15-9-10-16-43-6)26-17-22(29(39)35-13-7-8-14-35)20-38(31(41)42)27(26)32(3,4)5/h11-12,18,21-22,26-27H,7-10,13-17,19-20H2,1-6H3,(H,41,42)/t22-,26+,27?/m1/s1. The second-order valence-electron chi connectivity index (χ2n) is 13.5. The number of piperidine rings is 1. The second-order valence-corrected chi connectivity index (χ2v) is 13.5. The number of carboxylic acid groups (broad SMARTS) is 1. The molecular formula is C32H48FN5O5. The molecule has 10 nitrogen and oxygen atoms in total. The van der Waals surface area contributed by atoms with E-state index in [1.165, 1.54) is 17.0 Å². The van der Waals surface area contributed by atoms with E-state index in [1.807, 2.05) is 44.1 Å². The number of nitrogens with zero attached hydrogens (tertiary/aromatic N) is 5. The quantitative estimate of drug-likeness (QED) is 0.380. The third-order valence-corrected chi connectivity index (χ3v) is 8.65. The molecule has 3 amide bonds. The predicted molar refractivity (Wildman–Crippen MR) is 162 cm³/mol. The third-order valence-electron chi connectivity index (χ3n) is 8.65. The SMILES string of the molecule is COCCCCn1c(C(=O)N(CC(C)C)[C@H]2C[C@@H](C(=O)N3CCCC3)CN(C(=O)O)C2C(C)(C)C)nc2cc(F)ccc21. The van der Waals surface area contributed by atoms with Crippen molar-refractivity contribution in [3.8, 4) is 0 Å². The van der Waals surface area contributed by atoms with Crippen molar-refractivity contribution in [3.63, 3.8) is 0 Å². The Bertz CT molecular complexity index is 1300. The van der Waals surface area contributed by atoms with E-state index in [4.69, 9.17) is 4.74 Å². The largest absolute Gasteiger partial charge is 0.465 e. The van der Waals surface area contributed by atoms with Crippen molar-refractivity contribution in [1.82, 2.24) is 24.3 Å². The molecule has 238 valence electrons. The summed E-state index contributed by atoms with van der Waals surface area (Å²) in [6, 6.07) is 3.24. The minimum Gasteiger partial charge on any atom is -0.465 e. The first-order valence-electron chi connectivity index (χ1n) is 15.6. The normalized spacial score (nSPS) is 21.2. The summed E-state index contributed by atoms with van der Waals surface area (Å²) in [7, 11) is 1.64. The first-order valence-corrected chi connectivity index (χ1v) is 15.6. The molecule has 1 aromatic carbocycles. The van der Waals surface area contributed by atoms with Gasteiger partial charge in [-0.1, -0.05) is 34.6 Å². The van der Waals surface area contributed by atoms with E-state index in [-0.39, 0.29) is 30.1 Å². The van der Waals surface area contributed by atoms with Crippen LogP contribution >= 0.6 is 0 Å². The van der Waals surface area contributed by atoms with Crippen molar-refractivity contribution in [2.45, 2.75) is 85.4 Å². The Morgan fingerprint density at radius 2 is 1.86 bits per heavy atom. The molecule has 1 N–H and O–H groups in total. The summed E-state index contributed by atoms with van der Waals surface area (Å²) in [6.45, 7) is 12.9. The molecule has 3 heterocycles. The molecule has 11 heteroatoms. The summed E-state index contributed by atoms with van der Waals surface area (Å²) in [5, 5.41) is 10.4. The number of amides is 3. The van der Waals surface area contributed by atoms with E-state index < -0.39 is 35.3 Å². The Morgan fingerprint density at radius 1 is 1.16 bits per heavy atom. The maximum absolute atomic E-state index is 14.7. The molecule has 0 bridgehead atoms. The van der Waals surface area contributed by atoms with E-state index in [9.17, 15) is 23.9 Å². The molecule has 1 unspecified atom stereocenters. The van der Waals surface area contributed by atoms with Gasteiger partial charge in [0, 0.05) is 52.5 Å². The van der Waals surface area contributed by atoms with Crippen molar-refractivity contribution < 1.29 is 28.6 Å². The fourth-order valence-electron chi connectivity index (χ4n) is 6.87. The number of aryl methyl sites for hydroxylation is 1. The number of benzene rings is 1. The molecule has 0 radical (unpaired) electrons. The van der Waals surface area contributed by atoms with Crippen LogP contribution in [-0.2, 0) is 16.1 Å². The van der Waals surface area contributed by atoms with Crippen molar-refractivity contribution >= 4 is 28.9 Å². The van der Waals surface area contributed by atoms with Gasteiger partial charge >= 0.3 is 6.09 Å². The summed E-state index contributed by atoms with van der Waals surface area (Å²) < 4.78 is 21.3. The van der Waals surface area contributed by atoms with Crippen molar-refractivity contribution in [2.24, 2.45) is 17.3 Å². The van der Waals surface area contributed by atoms with Gasteiger partial charge in [0.05, 0.1) is 29.0 Å². The number of carbonyl (C=O) groups excluding carboxylic acids is 2. The average molecular weight is 602 g/mol. The number of hydrogen-bond donors (Lipinski definition) is 1. The van der Waals surface area contributed by atoms with Crippen LogP contribution < -0.4 is 0 Å². The molecule has 2 aromatic rings. The lowest BCUT2D eigenvalue weighted by Gasteiger charge is -2.52. The maximum Gasteiger partial charge on any atom is 0.407 e. The highest BCUT2D eigenvalue weighted by Crippen LogP contribution is 2.39. The number of ether oxygens (including phenoxy) is 1. The van der Waals surface area contributed by atoms with Crippen LogP contribution in [0.15, 0.2) is 18.2 Å². The molecule has 2 fully saturated rings. The van der Waals surface area contributed by atoms with Crippen LogP contribution in [0.2, 0.25) is 0 Å². The Hall–Kier alpha value is -3.21. The van der Waals surface area contributed by atoms with Crippen LogP contribution in [0.4, 0.5) is 9.18 Å². The number of fused-ring (bicyclic) bond motifs is 1. The summed E-state index contributed by atoms with van der Waals surface area (Å²) >= 11 is 0. The topological polar surface area (TPSA) is 108 Å². The average Bonchev–Trinajstić information content (AvgIpc) is 3.60. The van der Waals surface area contributed by atoms with Gasteiger partial charge < -0.3 is 29.1 Å². The number of methoxy groups -OCH3 is 1. The molecule has 3 atom stereocenters. The van der Waals surface area contributed by atoms with Gasteiger partial charge in [-0.25, -0.2) is 14.2 Å². The number of carbonyl (C=O) groups is 3. The lowest BCUT2D eigenvalue weighted by Crippen LogP contribution is -2.66. The fraction of sp³-hybridized carbons (Fsp3) is 0.688. The molecule has 2 aliphatic rings. The highest BCUT2D eigenvalue weighted by atomic mass is 19.1. The molecule has 0 saturated carbocycles. The predicted octanol–water partition coefficient (Wildman–Crippen LogP) is 5.11. The highest BCUT2D eigenvalue weighted by molar-refractivity contribution is 5.95. The van der Waals surface area contributed by atoms with Crippen molar-refractivity contribution in [3.05, 3.63) is 29.8 Å². The van der Waals surface area contributed by atoms with Crippen LogP contribution in [0.3, 0.4) is 0 Å². The third kappa shape index (κ3) is 7.30. The summed E-state index contributed by atoms with van der Waals surface area (Å²) in [5.74, 6) is -1.11. The van der Waals surface area contributed by atoms with E-state index in [0.717, 1.165) is 25.7 Å². The van der Waals surface area contributed by atoms with Gasteiger partial charge in [-0.05, 0) is 55.6 Å². The Kier molecular flexibility index (Phi) is 10.4. The number of likely N-dealkylation sites (tertiary alicyclic amines) is 2.